The molecule has 0 aliphatic heterocycles. The molecule has 0 N–H and O–H groups in total. The van der Waals surface area contributed by atoms with Crippen LogP contribution < -0.4 is 0 Å². The molecule has 26 heavy (non-hydrogen) atoms. The topological polar surface area (TPSA) is 43.1 Å². The quantitative estimate of drug-likeness (QED) is 0.489. The van der Waals surface area contributed by atoms with Crippen LogP contribution >= 0.6 is 11.3 Å². The number of rotatable bonds is 3. The van der Waals surface area contributed by atoms with E-state index in [9.17, 15) is 17.6 Å². The number of nitrogens with zero attached hydrogens (tertiary/aromatic N) is 4. The largest absolute Gasteiger partial charge is 0.416 e. The van der Waals surface area contributed by atoms with Gasteiger partial charge in [0.15, 0.2) is 5.82 Å². The maximum Gasteiger partial charge on any atom is 0.416 e. The van der Waals surface area contributed by atoms with Gasteiger partial charge in [0.05, 0.1) is 5.56 Å². The second-order valence-electron chi connectivity index (χ2n) is 5.56. The van der Waals surface area contributed by atoms with Crippen molar-refractivity contribution in [3.8, 4) is 11.4 Å². The molecule has 2 aromatic heterocycles. The maximum atomic E-state index is 13.8. The molecule has 0 saturated carbocycles. The van der Waals surface area contributed by atoms with E-state index in [4.69, 9.17) is 0 Å². The van der Waals surface area contributed by atoms with E-state index in [1.54, 1.807) is 18.2 Å². The van der Waals surface area contributed by atoms with Gasteiger partial charge in [-0.15, -0.1) is 10.2 Å². The van der Waals surface area contributed by atoms with Crippen molar-refractivity contribution in [2.75, 3.05) is 0 Å². The maximum absolute atomic E-state index is 13.8. The van der Waals surface area contributed by atoms with Crippen LogP contribution in [-0.4, -0.2) is 19.8 Å². The molecule has 2 heterocycles. The molecule has 0 atom stereocenters. The van der Waals surface area contributed by atoms with Crippen molar-refractivity contribution in [1.82, 2.24) is 19.8 Å². The molecule has 0 aliphatic carbocycles. The first kappa shape index (κ1) is 16.6. The van der Waals surface area contributed by atoms with Crippen molar-refractivity contribution >= 4 is 16.3 Å². The number of hydrogen-bond acceptors (Lipinski definition) is 4. The molecular formula is C17H10F4N4S. The smallest absolute Gasteiger partial charge is 0.207 e. The lowest BCUT2D eigenvalue weighted by Gasteiger charge is -2.06. The molecule has 0 fully saturated rings. The van der Waals surface area contributed by atoms with Crippen molar-refractivity contribution in [3.05, 3.63) is 70.5 Å². The summed E-state index contributed by atoms with van der Waals surface area (Å²) in [7, 11) is 0. The molecule has 4 rings (SSSR count). The van der Waals surface area contributed by atoms with Crippen LogP contribution in [0.25, 0.3) is 16.3 Å². The van der Waals surface area contributed by atoms with Crippen LogP contribution in [0.15, 0.2) is 48.5 Å². The van der Waals surface area contributed by atoms with Crippen molar-refractivity contribution in [2.45, 2.75) is 12.6 Å². The zero-order chi connectivity index (χ0) is 18.3. The van der Waals surface area contributed by atoms with E-state index >= 15 is 0 Å². The third-order valence-electron chi connectivity index (χ3n) is 3.80. The Morgan fingerprint density at radius 3 is 2.38 bits per heavy atom. The van der Waals surface area contributed by atoms with E-state index in [-0.39, 0.29) is 5.82 Å². The summed E-state index contributed by atoms with van der Waals surface area (Å²) >= 11 is 1.26. The predicted octanol–water partition coefficient (Wildman–Crippen LogP) is 4.60. The monoisotopic (exact) mass is 378 g/mol. The summed E-state index contributed by atoms with van der Waals surface area (Å²) in [5, 5.41) is 13.0. The highest BCUT2D eigenvalue weighted by Crippen LogP contribution is 2.31. The van der Waals surface area contributed by atoms with Crippen LogP contribution in [-0.2, 0) is 12.6 Å². The molecule has 0 aliphatic rings. The third-order valence-corrected chi connectivity index (χ3v) is 4.70. The Morgan fingerprint density at radius 1 is 0.962 bits per heavy atom. The molecule has 132 valence electrons. The minimum atomic E-state index is -4.40. The van der Waals surface area contributed by atoms with Crippen LogP contribution in [0.3, 0.4) is 0 Å². The zero-order valence-electron chi connectivity index (χ0n) is 13.0. The van der Waals surface area contributed by atoms with Gasteiger partial charge in [-0.1, -0.05) is 41.7 Å². The number of aromatic nitrogens is 4. The normalized spacial score (nSPS) is 12.0. The second-order valence-corrected chi connectivity index (χ2v) is 6.60. The van der Waals surface area contributed by atoms with Gasteiger partial charge in [-0.2, -0.15) is 22.8 Å². The Bertz CT molecular complexity index is 1070. The average Bonchev–Trinajstić information content (AvgIpc) is 3.16. The highest BCUT2D eigenvalue weighted by atomic mass is 32.1. The summed E-state index contributed by atoms with van der Waals surface area (Å²) in [4.78, 5) is 0.492. The number of fused-ring (bicyclic) bond motifs is 1. The van der Waals surface area contributed by atoms with E-state index in [2.05, 4.69) is 15.3 Å². The molecule has 0 spiro atoms. The Hall–Kier alpha value is -2.81. The summed E-state index contributed by atoms with van der Waals surface area (Å²) in [6.45, 7) is 0. The fraction of sp³-hybridized carbons (Fsp3) is 0.118. The van der Waals surface area contributed by atoms with Crippen LogP contribution in [0, 0.1) is 5.82 Å². The van der Waals surface area contributed by atoms with Crippen molar-refractivity contribution in [3.63, 3.8) is 0 Å². The third kappa shape index (κ3) is 3.05. The molecule has 0 amide bonds. The van der Waals surface area contributed by atoms with Gasteiger partial charge < -0.3 is 0 Å². The lowest BCUT2D eigenvalue weighted by Crippen LogP contribution is -2.04. The van der Waals surface area contributed by atoms with Crippen LogP contribution in [0.4, 0.5) is 17.6 Å². The van der Waals surface area contributed by atoms with Crippen LogP contribution in [0.1, 0.15) is 16.1 Å². The molecular weight excluding hydrogens is 368 g/mol. The fourth-order valence-corrected chi connectivity index (χ4v) is 3.38. The zero-order valence-corrected chi connectivity index (χ0v) is 13.9. The summed E-state index contributed by atoms with van der Waals surface area (Å²) in [6.07, 6.45) is -4.10. The molecule has 0 radical (unpaired) electrons. The standard InChI is InChI=1S/C17H10F4N4S/c18-13-4-2-1-3-11(13)9-14-24-25-15(22-23-16(25)26-14)10-5-7-12(8-6-10)17(19,20)21/h1-8H,9H2. The Kier molecular flexibility index (Phi) is 3.95. The van der Waals surface area contributed by atoms with Gasteiger partial charge in [-0.05, 0) is 23.8 Å². The minimum Gasteiger partial charge on any atom is -0.207 e. The number of alkyl halides is 3. The van der Waals surface area contributed by atoms with Gasteiger partial charge in [-0.3, -0.25) is 0 Å². The van der Waals surface area contributed by atoms with Gasteiger partial charge in [-0.25, -0.2) is 4.39 Å². The van der Waals surface area contributed by atoms with Crippen molar-refractivity contribution in [2.24, 2.45) is 0 Å². The predicted molar refractivity (Wildman–Crippen MR) is 88.3 cm³/mol. The highest BCUT2D eigenvalue weighted by Gasteiger charge is 2.30. The Labute approximate surface area is 148 Å². The number of hydrogen-bond donors (Lipinski definition) is 0. The number of halogens is 4. The molecule has 2 aromatic carbocycles. The first-order valence-corrected chi connectivity index (χ1v) is 8.35. The van der Waals surface area contributed by atoms with Crippen LogP contribution in [0.5, 0.6) is 0 Å². The summed E-state index contributed by atoms with van der Waals surface area (Å²) < 4.78 is 53.3. The summed E-state index contributed by atoms with van der Waals surface area (Å²) in [6, 6.07) is 11.0. The van der Waals surface area contributed by atoms with Gasteiger partial charge in [0.2, 0.25) is 4.96 Å². The lowest BCUT2D eigenvalue weighted by molar-refractivity contribution is -0.137. The van der Waals surface area contributed by atoms with Gasteiger partial charge in [0, 0.05) is 12.0 Å². The Balaban J connectivity index is 1.67. The van der Waals surface area contributed by atoms with Gasteiger partial charge >= 0.3 is 6.18 Å². The van der Waals surface area contributed by atoms with E-state index in [0.717, 1.165) is 12.1 Å². The first-order chi connectivity index (χ1) is 12.4. The first-order valence-electron chi connectivity index (χ1n) is 7.54. The summed E-state index contributed by atoms with van der Waals surface area (Å²) in [5.41, 5.74) is 0.238. The van der Waals surface area contributed by atoms with Crippen LogP contribution in [0.2, 0.25) is 0 Å². The van der Waals surface area contributed by atoms with Gasteiger partial charge in [0.1, 0.15) is 10.8 Å². The molecule has 4 aromatic rings. The fourth-order valence-electron chi connectivity index (χ4n) is 2.52. The molecule has 0 bridgehead atoms. The van der Waals surface area contributed by atoms with Crippen molar-refractivity contribution < 1.29 is 17.6 Å². The highest BCUT2D eigenvalue weighted by molar-refractivity contribution is 7.16. The Morgan fingerprint density at radius 2 is 1.69 bits per heavy atom. The average molecular weight is 378 g/mol. The SMILES string of the molecule is Fc1ccccc1Cc1nn2c(-c3ccc(C(F)(F)F)cc3)nnc2s1. The number of benzene rings is 2. The second kappa shape index (κ2) is 6.17. The molecule has 0 saturated heterocycles. The lowest BCUT2D eigenvalue weighted by atomic mass is 10.1. The summed E-state index contributed by atoms with van der Waals surface area (Å²) in [5.74, 6) is 0.0196. The molecule has 9 heteroatoms. The van der Waals surface area contributed by atoms with Crippen molar-refractivity contribution in [1.29, 1.82) is 0 Å². The van der Waals surface area contributed by atoms with E-state index in [1.807, 2.05) is 0 Å². The van der Waals surface area contributed by atoms with Gasteiger partial charge in [0.25, 0.3) is 0 Å². The molecule has 0 unspecified atom stereocenters. The minimum absolute atomic E-state index is 0.299. The van der Waals surface area contributed by atoms with E-state index in [0.29, 0.717) is 33.3 Å². The molecule has 4 nitrogen and oxygen atoms in total. The van der Waals surface area contributed by atoms with E-state index in [1.165, 1.54) is 34.1 Å². The van der Waals surface area contributed by atoms with E-state index < -0.39 is 11.7 Å².